The number of aromatic nitrogens is 1. The van der Waals surface area contributed by atoms with Crippen LogP contribution < -0.4 is 5.56 Å². The van der Waals surface area contributed by atoms with E-state index >= 15 is 0 Å². The first-order chi connectivity index (χ1) is 8.04. The van der Waals surface area contributed by atoms with E-state index in [0.29, 0.717) is 11.6 Å². The maximum absolute atomic E-state index is 11.7. The van der Waals surface area contributed by atoms with Gasteiger partial charge in [0.2, 0.25) is 0 Å². The smallest absolute Gasteiger partial charge is 0.266 e. The van der Waals surface area contributed by atoms with Gasteiger partial charge in [-0.1, -0.05) is 0 Å². The van der Waals surface area contributed by atoms with Gasteiger partial charge >= 0.3 is 0 Å². The molecule has 0 unspecified atom stereocenters. The van der Waals surface area contributed by atoms with Crippen LogP contribution in [0.2, 0.25) is 0 Å². The molecule has 2 heterocycles. The number of nitriles is 1. The molecule has 0 saturated carbocycles. The monoisotopic (exact) mass is 231 g/mol. The largest absolute Gasteiger partial charge is 0.325 e. The number of hydrogen-bond acceptors (Lipinski definition) is 3. The highest BCUT2D eigenvalue weighted by Gasteiger charge is 2.23. The van der Waals surface area contributed by atoms with E-state index in [9.17, 15) is 4.79 Å². The zero-order chi connectivity index (χ0) is 12.6. The second kappa shape index (κ2) is 4.34. The van der Waals surface area contributed by atoms with Gasteiger partial charge in [0.15, 0.2) is 0 Å². The second-order valence-electron chi connectivity index (χ2n) is 4.84. The van der Waals surface area contributed by atoms with Crippen LogP contribution in [0.25, 0.3) is 0 Å². The molecule has 1 aliphatic heterocycles. The molecule has 0 radical (unpaired) electrons. The van der Waals surface area contributed by atoms with Crippen molar-refractivity contribution in [1.29, 1.82) is 5.26 Å². The Labute approximate surface area is 101 Å². The third-order valence-corrected chi connectivity index (χ3v) is 3.50. The van der Waals surface area contributed by atoms with Crippen molar-refractivity contribution in [3.63, 3.8) is 0 Å². The normalized spacial score (nSPS) is 15.7. The van der Waals surface area contributed by atoms with E-state index < -0.39 is 0 Å². The molecule has 0 spiro atoms. The number of pyridine rings is 1. The van der Waals surface area contributed by atoms with Crippen molar-refractivity contribution in [2.45, 2.75) is 39.8 Å². The van der Waals surface area contributed by atoms with Crippen molar-refractivity contribution in [2.24, 2.45) is 0 Å². The standard InChI is InChI=1S/C13H17N3O/c1-8(2)16-5-4-10-11(6-14)13(17)15-9(3)12(10)7-16/h8H,4-5,7H2,1-3H3,(H,15,17). The summed E-state index contributed by atoms with van der Waals surface area (Å²) in [4.78, 5) is 16.8. The molecule has 0 amide bonds. The number of rotatable bonds is 1. The second-order valence-corrected chi connectivity index (χ2v) is 4.84. The minimum absolute atomic E-state index is 0.248. The van der Waals surface area contributed by atoms with E-state index in [2.05, 4.69) is 23.7 Å². The molecular weight excluding hydrogens is 214 g/mol. The zero-order valence-electron chi connectivity index (χ0n) is 10.5. The summed E-state index contributed by atoms with van der Waals surface area (Å²) in [6, 6.07) is 2.52. The number of aromatic amines is 1. The number of aryl methyl sites for hydroxylation is 1. The van der Waals surface area contributed by atoms with Gasteiger partial charge in [0.05, 0.1) is 0 Å². The van der Waals surface area contributed by atoms with Gasteiger partial charge < -0.3 is 4.98 Å². The van der Waals surface area contributed by atoms with Crippen molar-refractivity contribution >= 4 is 0 Å². The average molecular weight is 231 g/mol. The molecule has 17 heavy (non-hydrogen) atoms. The van der Waals surface area contributed by atoms with E-state index in [1.807, 2.05) is 13.0 Å². The summed E-state index contributed by atoms with van der Waals surface area (Å²) in [7, 11) is 0. The van der Waals surface area contributed by atoms with Crippen LogP contribution in [0.3, 0.4) is 0 Å². The lowest BCUT2D eigenvalue weighted by atomic mass is 9.94. The molecular formula is C13H17N3O. The van der Waals surface area contributed by atoms with Gasteiger partial charge in [0.25, 0.3) is 5.56 Å². The van der Waals surface area contributed by atoms with Crippen LogP contribution in [0.5, 0.6) is 0 Å². The van der Waals surface area contributed by atoms with Gasteiger partial charge in [-0.25, -0.2) is 0 Å². The summed E-state index contributed by atoms with van der Waals surface area (Å²) in [5.41, 5.74) is 3.02. The molecule has 90 valence electrons. The van der Waals surface area contributed by atoms with E-state index in [1.54, 1.807) is 0 Å². The molecule has 1 aromatic heterocycles. The topological polar surface area (TPSA) is 59.9 Å². The minimum atomic E-state index is -0.248. The van der Waals surface area contributed by atoms with Gasteiger partial charge in [0, 0.05) is 24.8 Å². The highest BCUT2D eigenvalue weighted by atomic mass is 16.1. The predicted octanol–water partition coefficient (Wildman–Crippen LogP) is 1.32. The number of nitrogens with zero attached hydrogens (tertiary/aromatic N) is 2. The van der Waals surface area contributed by atoms with Gasteiger partial charge in [-0.3, -0.25) is 9.69 Å². The van der Waals surface area contributed by atoms with Gasteiger partial charge in [-0.2, -0.15) is 5.26 Å². The zero-order valence-corrected chi connectivity index (χ0v) is 10.5. The molecule has 1 aliphatic rings. The van der Waals surface area contributed by atoms with Crippen molar-refractivity contribution in [2.75, 3.05) is 6.54 Å². The number of H-pyrrole nitrogens is 1. The maximum atomic E-state index is 11.7. The Hall–Kier alpha value is -1.60. The van der Waals surface area contributed by atoms with E-state index in [-0.39, 0.29) is 5.56 Å². The summed E-state index contributed by atoms with van der Waals surface area (Å²) in [5.74, 6) is 0. The molecule has 4 nitrogen and oxygen atoms in total. The summed E-state index contributed by atoms with van der Waals surface area (Å²) in [6.45, 7) is 7.98. The van der Waals surface area contributed by atoms with Crippen LogP contribution in [0.15, 0.2) is 4.79 Å². The number of hydrogen-bond donors (Lipinski definition) is 1. The van der Waals surface area contributed by atoms with Crippen molar-refractivity contribution in [3.05, 3.63) is 32.7 Å². The lowest BCUT2D eigenvalue weighted by molar-refractivity contribution is 0.202. The fraction of sp³-hybridized carbons (Fsp3) is 0.538. The Morgan fingerprint density at radius 1 is 1.41 bits per heavy atom. The van der Waals surface area contributed by atoms with Crippen LogP contribution in [-0.2, 0) is 13.0 Å². The molecule has 0 aromatic carbocycles. The predicted molar refractivity (Wildman–Crippen MR) is 65.8 cm³/mol. The Kier molecular flexibility index (Phi) is 3.03. The Morgan fingerprint density at radius 2 is 2.12 bits per heavy atom. The first kappa shape index (κ1) is 11.9. The summed E-state index contributed by atoms with van der Waals surface area (Å²) in [5, 5.41) is 9.06. The Morgan fingerprint density at radius 3 is 2.71 bits per heavy atom. The lowest BCUT2D eigenvalue weighted by Gasteiger charge is -2.32. The third kappa shape index (κ3) is 1.98. The van der Waals surface area contributed by atoms with Crippen LogP contribution in [0.4, 0.5) is 0 Å². The molecule has 1 N–H and O–H groups in total. The summed E-state index contributed by atoms with van der Waals surface area (Å²) in [6.07, 6.45) is 0.793. The van der Waals surface area contributed by atoms with Gasteiger partial charge in [-0.15, -0.1) is 0 Å². The Balaban J connectivity index is 2.53. The highest BCUT2D eigenvalue weighted by Crippen LogP contribution is 2.23. The minimum Gasteiger partial charge on any atom is -0.325 e. The molecule has 2 rings (SSSR count). The van der Waals surface area contributed by atoms with Gasteiger partial charge in [0.1, 0.15) is 11.6 Å². The van der Waals surface area contributed by atoms with E-state index in [4.69, 9.17) is 5.26 Å². The van der Waals surface area contributed by atoms with Crippen LogP contribution in [0, 0.1) is 18.3 Å². The fourth-order valence-electron chi connectivity index (χ4n) is 2.41. The van der Waals surface area contributed by atoms with E-state index in [1.165, 1.54) is 0 Å². The SMILES string of the molecule is Cc1[nH]c(=O)c(C#N)c2c1CN(C(C)C)CC2. The molecule has 0 aliphatic carbocycles. The molecule has 0 bridgehead atoms. The quantitative estimate of drug-likeness (QED) is 0.793. The Bertz CT molecular complexity index is 537. The summed E-state index contributed by atoms with van der Waals surface area (Å²) >= 11 is 0. The molecule has 0 fully saturated rings. The fourth-order valence-corrected chi connectivity index (χ4v) is 2.41. The number of fused-ring (bicyclic) bond motifs is 1. The molecule has 0 saturated heterocycles. The van der Waals surface area contributed by atoms with Crippen LogP contribution in [-0.4, -0.2) is 22.5 Å². The molecule has 4 heteroatoms. The summed E-state index contributed by atoms with van der Waals surface area (Å²) < 4.78 is 0. The van der Waals surface area contributed by atoms with Crippen molar-refractivity contribution in [1.82, 2.24) is 9.88 Å². The maximum Gasteiger partial charge on any atom is 0.266 e. The first-order valence-corrected chi connectivity index (χ1v) is 5.93. The first-order valence-electron chi connectivity index (χ1n) is 5.93. The van der Waals surface area contributed by atoms with Crippen LogP contribution >= 0.6 is 0 Å². The van der Waals surface area contributed by atoms with Crippen molar-refractivity contribution < 1.29 is 0 Å². The van der Waals surface area contributed by atoms with Gasteiger partial charge in [-0.05, 0) is 38.3 Å². The highest BCUT2D eigenvalue weighted by molar-refractivity contribution is 5.44. The molecule has 1 aromatic rings. The number of nitrogens with one attached hydrogen (secondary N) is 1. The molecule has 0 atom stereocenters. The average Bonchev–Trinajstić information content (AvgIpc) is 2.29. The lowest BCUT2D eigenvalue weighted by Crippen LogP contribution is -2.38. The van der Waals surface area contributed by atoms with Crippen molar-refractivity contribution in [3.8, 4) is 6.07 Å². The van der Waals surface area contributed by atoms with E-state index in [0.717, 1.165) is 36.3 Å². The third-order valence-electron chi connectivity index (χ3n) is 3.50. The van der Waals surface area contributed by atoms with Crippen LogP contribution in [0.1, 0.15) is 36.2 Å².